The maximum Gasteiger partial charge on any atom is 0.270 e. The number of para-hydroxylation sites is 1. The minimum absolute atomic E-state index is 0.207. The van der Waals surface area contributed by atoms with E-state index in [0.717, 1.165) is 16.5 Å². The Bertz CT molecular complexity index is 818. The van der Waals surface area contributed by atoms with Gasteiger partial charge < -0.3 is 10.1 Å². The monoisotopic (exact) mass is 293 g/mol. The molecule has 0 atom stereocenters. The Kier molecular flexibility index (Phi) is 3.96. The van der Waals surface area contributed by atoms with Crippen molar-refractivity contribution in [1.82, 2.24) is 15.3 Å². The second-order valence-corrected chi connectivity index (χ2v) is 4.78. The number of nitrogens with zero attached hydrogens (tertiary/aromatic N) is 2. The lowest BCUT2D eigenvalue weighted by molar-refractivity contribution is 0.0946. The van der Waals surface area contributed by atoms with Crippen molar-refractivity contribution in [1.29, 1.82) is 0 Å². The second-order valence-electron chi connectivity index (χ2n) is 4.78. The number of rotatable bonds is 4. The van der Waals surface area contributed by atoms with E-state index in [2.05, 4.69) is 15.3 Å². The van der Waals surface area contributed by atoms with Crippen molar-refractivity contribution in [2.75, 3.05) is 7.11 Å². The molecule has 1 amide bonds. The predicted molar refractivity (Wildman–Crippen MR) is 83.7 cm³/mol. The summed E-state index contributed by atoms with van der Waals surface area (Å²) in [7, 11) is 1.56. The van der Waals surface area contributed by atoms with E-state index in [-0.39, 0.29) is 5.91 Å². The highest BCUT2D eigenvalue weighted by Crippen LogP contribution is 2.12. The molecule has 0 bridgehead atoms. The molecule has 0 fully saturated rings. The maximum atomic E-state index is 12.2. The average molecular weight is 293 g/mol. The Labute approximate surface area is 128 Å². The molecule has 0 spiro atoms. The van der Waals surface area contributed by atoms with Gasteiger partial charge in [-0.1, -0.05) is 24.3 Å². The molecule has 0 saturated carbocycles. The van der Waals surface area contributed by atoms with E-state index in [1.807, 2.05) is 36.4 Å². The molecule has 1 aromatic carbocycles. The van der Waals surface area contributed by atoms with Gasteiger partial charge in [0.25, 0.3) is 5.91 Å². The van der Waals surface area contributed by atoms with E-state index < -0.39 is 0 Å². The number of carbonyl (C=O) groups is 1. The van der Waals surface area contributed by atoms with E-state index in [1.54, 1.807) is 25.4 Å². The molecule has 5 nitrogen and oxygen atoms in total. The van der Waals surface area contributed by atoms with Gasteiger partial charge >= 0.3 is 0 Å². The van der Waals surface area contributed by atoms with Gasteiger partial charge in [-0.05, 0) is 23.8 Å². The van der Waals surface area contributed by atoms with Crippen LogP contribution in [0.4, 0.5) is 0 Å². The Morgan fingerprint density at radius 2 is 2.05 bits per heavy atom. The molecule has 22 heavy (non-hydrogen) atoms. The Morgan fingerprint density at radius 1 is 1.18 bits per heavy atom. The number of aromatic nitrogens is 2. The SMILES string of the molecule is COc1cc(CNC(=O)c2ccc3ccccc3n2)ccn1. The number of nitrogens with one attached hydrogen (secondary N) is 1. The summed E-state index contributed by atoms with van der Waals surface area (Å²) in [5.41, 5.74) is 2.13. The summed E-state index contributed by atoms with van der Waals surface area (Å²) in [4.78, 5) is 20.6. The fourth-order valence-electron chi connectivity index (χ4n) is 2.14. The van der Waals surface area contributed by atoms with Crippen LogP contribution in [0.15, 0.2) is 54.7 Å². The second kappa shape index (κ2) is 6.22. The highest BCUT2D eigenvalue weighted by atomic mass is 16.5. The van der Waals surface area contributed by atoms with Gasteiger partial charge in [-0.15, -0.1) is 0 Å². The van der Waals surface area contributed by atoms with E-state index in [1.165, 1.54) is 0 Å². The van der Waals surface area contributed by atoms with E-state index in [0.29, 0.717) is 18.1 Å². The molecular formula is C17H15N3O2. The van der Waals surface area contributed by atoms with Crippen molar-refractivity contribution in [3.8, 4) is 5.88 Å². The fraction of sp³-hybridized carbons (Fsp3) is 0.118. The van der Waals surface area contributed by atoms with Crippen LogP contribution in [-0.4, -0.2) is 23.0 Å². The van der Waals surface area contributed by atoms with Crippen LogP contribution in [0, 0.1) is 0 Å². The third-order valence-corrected chi connectivity index (χ3v) is 3.29. The van der Waals surface area contributed by atoms with Crippen LogP contribution in [0.25, 0.3) is 10.9 Å². The molecule has 0 aliphatic heterocycles. The summed E-state index contributed by atoms with van der Waals surface area (Å²) in [6, 6.07) is 14.9. The van der Waals surface area contributed by atoms with Crippen molar-refractivity contribution in [2.24, 2.45) is 0 Å². The first-order valence-corrected chi connectivity index (χ1v) is 6.89. The van der Waals surface area contributed by atoms with E-state index in [9.17, 15) is 4.79 Å². The number of ether oxygens (including phenoxy) is 1. The van der Waals surface area contributed by atoms with Crippen LogP contribution in [0.1, 0.15) is 16.1 Å². The molecule has 110 valence electrons. The summed E-state index contributed by atoms with van der Waals surface area (Å²) in [5, 5.41) is 3.86. The van der Waals surface area contributed by atoms with Crippen LogP contribution in [0.3, 0.4) is 0 Å². The van der Waals surface area contributed by atoms with Crippen LogP contribution in [0.2, 0.25) is 0 Å². The lowest BCUT2D eigenvalue weighted by atomic mass is 10.2. The molecule has 5 heteroatoms. The molecule has 0 unspecified atom stereocenters. The van der Waals surface area contributed by atoms with Crippen molar-refractivity contribution in [2.45, 2.75) is 6.54 Å². The minimum Gasteiger partial charge on any atom is -0.481 e. The zero-order chi connectivity index (χ0) is 15.4. The Hall–Kier alpha value is -2.95. The number of hydrogen-bond acceptors (Lipinski definition) is 4. The molecule has 0 aliphatic carbocycles. The average Bonchev–Trinajstić information content (AvgIpc) is 2.59. The van der Waals surface area contributed by atoms with E-state index in [4.69, 9.17) is 4.74 Å². The molecule has 1 N–H and O–H groups in total. The number of carbonyl (C=O) groups excluding carboxylic acids is 1. The van der Waals surface area contributed by atoms with Crippen molar-refractivity contribution in [3.05, 3.63) is 66.0 Å². The smallest absolute Gasteiger partial charge is 0.270 e. The van der Waals surface area contributed by atoms with Gasteiger partial charge in [-0.3, -0.25) is 4.79 Å². The topological polar surface area (TPSA) is 64.1 Å². The van der Waals surface area contributed by atoms with Gasteiger partial charge in [0, 0.05) is 24.2 Å². The van der Waals surface area contributed by atoms with Gasteiger partial charge in [0.1, 0.15) is 5.69 Å². The Balaban J connectivity index is 1.72. The third kappa shape index (κ3) is 3.03. The summed E-state index contributed by atoms with van der Waals surface area (Å²) in [6.45, 7) is 0.395. The highest BCUT2D eigenvalue weighted by Gasteiger charge is 2.08. The molecule has 0 radical (unpaired) electrons. The zero-order valence-electron chi connectivity index (χ0n) is 12.1. The minimum atomic E-state index is -0.207. The molecule has 2 aromatic heterocycles. The van der Waals surface area contributed by atoms with Gasteiger partial charge in [0.15, 0.2) is 0 Å². The van der Waals surface area contributed by atoms with Gasteiger partial charge in [0.2, 0.25) is 5.88 Å². The molecule has 3 aromatic rings. The van der Waals surface area contributed by atoms with Gasteiger partial charge in [-0.25, -0.2) is 9.97 Å². The number of pyridine rings is 2. The van der Waals surface area contributed by atoms with Crippen molar-refractivity contribution < 1.29 is 9.53 Å². The molecular weight excluding hydrogens is 278 g/mol. The maximum absolute atomic E-state index is 12.2. The Morgan fingerprint density at radius 3 is 2.91 bits per heavy atom. The number of fused-ring (bicyclic) bond motifs is 1. The number of benzene rings is 1. The zero-order valence-corrected chi connectivity index (χ0v) is 12.1. The number of methoxy groups -OCH3 is 1. The first-order chi connectivity index (χ1) is 10.8. The largest absolute Gasteiger partial charge is 0.481 e. The van der Waals surface area contributed by atoms with Crippen LogP contribution in [-0.2, 0) is 6.54 Å². The summed E-state index contributed by atoms with van der Waals surface area (Å²) in [5.74, 6) is 0.317. The lowest BCUT2D eigenvalue weighted by Gasteiger charge is -2.07. The van der Waals surface area contributed by atoms with Gasteiger partial charge in [0.05, 0.1) is 12.6 Å². The molecule has 0 saturated heterocycles. The summed E-state index contributed by atoms with van der Waals surface area (Å²) >= 11 is 0. The molecule has 0 aliphatic rings. The first kappa shape index (κ1) is 14.0. The van der Waals surface area contributed by atoms with Gasteiger partial charge in [-0.2, -0.15) is 0 Å². The molecule has 3 rings (SSSR count). The van der Waals surface area contributed by atoms with Crippen molar-refractivity contribution >= 4 is 16.8 Å². The summed E-state index contributed by atoms with van der Waals surface area (Å²) < 4.78 is 5.06. The fourth-order valence-corrected chi connectivity index (χ4v) is 2.14. The van der Waals surface area contributed by atoms with E-state index >= 15 is 0 Å². The predicted octanol–water partition coefficient (Wildman–Crippen LogP) is 2.57. The number of hydrogen-bond donors (Lipinski definition) is 1. The van der Waals surface area contributed by atoms with Crippen LogP contribution in [0.5, 0.6) is 5.88 Å². The lowest BCUT2D eigenvalue weighted by Crippen LogP contribution is -2.23. The quantitative estimate of drug-likeness (QED) is 0.803. The third-order valence-electron chi connectivity index (χ3n) is 3.29. The number of amides is 1. The first-order valence-electron chi connectivity index (χ1n) is 6.89. The van der Waals surface area contributed by atoms with Crippen molar-refractivity contribution in [3.63, 3.8) is 0 Å². The van der Waals surface area contributed by atoms with Crippen LogP contribution >= 0.6 is 0 Å². The summed E-state index contributed by atoms with van der Waals surface area (Å²) in [6.07, 6.45) is 1.65. The normalized spacial score (nSPS) is 10.4. The van der Waals surface area contributed by atoms with Crippen LogP contribution < -0.4 is 10.1 Å². The standard InChI is InChI=1S/C17H15N3O2/c1-22-16-10-12(8-9-18-16)11-19-17(21)15-7-6-13-4-2-3-5-14(13)20-15/h2-10H,11H2,1H3,(H,19,21). The highest BCUT2D eigenvalue weighted by molar-refractivity contribution is 5.94. The molecule has 2 heterocycles.